The second-order valence-corrected chi connectivity index (χ2v) is 8.13. The third kappa shape index (κ3) is 4.96. The second kappa shape index (κ2) is 9.27. The van der Waals surface area contributed by atoms with E-state index in [0.717, 1.165) is 12.0 Å². The number of rotatable bonds is 11. The van der Waals surface area contributed by atoms with Crippen LogP contribution in [0.3, 0.4) is 0 Å². The third-order valence-corrected chi connectivity index (χ3v) is 6.26. The molecule has 0 unspecified atom stereocenters. The summed E-state index contributed by atoms with van der Waals surface area (Å²) >= 11 is 0. The van der Waals surface area contributed by atoms with Crippen LogP contribution >= 0.6 is 0 Å². The van der Waals surface area contributed by atoms with Gasteiger partial charge in [0.2, 0.25) is 0 Å². The van der Waals surface area contributed by atoms with E-state index in [1.54, 1.807) is 0 Å². The van der Waals surface area contributed by atoms with Gasteiger partial charge in [0.15, 0.2) is 0 Å². The quantitative estimate of drug-likeness (QED) is 0.542. The number of hydrogen-bond donors (Lipinski definition) is 1. The predicted molar refractivity (Wildman–Crippen MR) is 97.4 cm³/mol. The van der Waals surface area contributed by atoms with Crippen molar-refractivity contribution >= 4 is 0 Å². The monoisotopic (exact) mass is 308 g/mol. The summed E-state index contributed by atoms with van der Waals surface area (Å²) in [5.41, 5.74) is 0.466. The highest BCUT2D eigenvalue weighted by molar-refractivity contribution is 5.00. The van der Waals surface area contributed by atoms with Crippen LogP contribution in [-0.4, -0.2) is 36.1 Å². The molecular formula is C20H40N2. The fraction of sp³-hybridized carbons (Fsp3) is 1.00. The van der Waals surface area contributed by atoms with E-state index in [0.29, 0.717) is 5.54 Å². The maximum Gasteiger partial charge on any atom is 0.0236 e. The Morgan fingerprint density at radius 3 is 2.09 bits per heavy atom. The average molecular weight is 309 g/mol. The summed E-state index contributed by atoms with van der Waals surface area (Å²) in [6, 6.07) is 0.797. The molecule has 0 aliphatic carbocycles. The van der Waals surface area contributed by atoms with Crippen molar-refractivity contribution in [1.29, 1.82) is 0 Å². The van der Waals surface area contributed by atoms with Gasteiger partial charge in [-0.2, -0.15) is 0 Å². The lowest BCUT2D eigenvalue weighted by molar-refractivity contribution is 0.0991. The molecule has 2 aliphatic rings. The number of hydrogen-bond acceptors (Lipinski definition) is 2. The van der Waals surface area contributed by atoms with Gasteiger partial charge < -0.3 is 5.32 Å². The molecule has 2 nitrogen and oxygen atoms in total. The molecule has 0 bridgehead atoms. The lowest BCUT2D eigenvalue weighted by Crippen LogP contribution is -2.46. The summed E-state index contributed by atoms with van der Waals surface area (Å²) in [5, 5.41) is 3.73. The smallest absolute Gasteiger partial charge is 0.0236 e. The van der Waals surface area contributed by atoms with Crippen molar-refractivity contribution in [2.75, 3.05) is 19.6 Å². The van der Waals surface area contributed by atoms with Crippen LogP contribution in [0.2, 0.25) is 0 Å². The zero-order valence-electron chi connectivity index (χ0n) is 15.5. The van der Waals surface area contributed by atoms with E-state index in [4.69, 9.17) is 0 Å². The molecule has 2 aliphatic heterocycles. The Morgan fingerprint density at radius 2 is 1.55 bits per heavy atom. The Kier molecular flexibility index (Phi) is 7.70. The second-order valence-electron chi connectivity index (χ2n) is 8.13. The molecule has 2 heteroatoms. The fourth-order valence-corrected chi connectivity index (χ4v) is 4.60. The van der Waals surface area contributed by atoms with Gasteiger partial charge >= 0.3 is 0 Å². The summed E-state index contributed by atoms with van der Waals surface area (Å²) < 4.78 is 0. The van der Waals surface area contributed by atoms with Crippen LogP contribution in [0.15, 0.2) is 0 Å². The van der Waals surface area contributed by atoms with E-state index in [9.17, 15) is 0 Å². The first-order chi connectivity index (χ1) is 10.7. The lowest BCUT2D eigenvalue weighted by Gasteiger charge is -2.40. The highest BCUT2D eigenvalue weighted by Gasteiger charge is 2.42. The molecule has 0 aromatic rings. The molecule has 0 aromatic carbocycles. The van der Waals surface area contributed by atoms with Gasteiger partial charge in [0, 0.05) is 24.7 Å². The van der Waals surface area contributed by atoms with Crippen molar-refractivity contribution in [2.24, 2.45) is 5.92 Å². The summed E-state index contributed by atoms with van der Waals surface area (Å²) in [4.78, 5) is 2.87. The topological polar surface area (TPSA) is 15.3 Å². The number of fused-ring (bicyclic) bond motifs is 1. The summed E-state index contributed by atoms with van der Waals surface area (Å²) in [6.45, 7) is 11.1. The molecule has 2 atom stereocenters. The van der Waals surface area contributed by atoms with Gasteiger partial charge in [0.25, 0.3) is 0 Å². The Morgan fingerprint density at radius 1 is 0.909 bits per heavy atom. The van der Waals surface area contributed by atoms with Gasteiger partial charge in [0.05, 0.1) is 0 Å². The van der Waals surface area contributed by atoms with Crippen LogP contribution in [-0.2, 0) is 0 Å². The van der Waals surface area contributed by atoms with Crippen molar-refractivity contribution in [3.8, 4) is 0 Å². The third-order valence-electron chi connectivity index (χ3n) is 6.26. The van der Waals surface area contributed by atoms with Crippen LogP contribution in [0, 0.1) is 5.92 Å². The van der Waals surface area contributed by atoms with Gasteiger partial charge in [-0.25, -0.2) is 0 Å². The van der Waals surface area contributed by atoms with Crippen LogP contribution in [0.5, 0.6) is 0 Å². The van der Waals surface area contributed by atoms with Crippen molar-refractivity contribution < 1.29 is 0 Å². The first-order valence-electron chi connectivity index (χ1n) is 10.2. The standard InChI is InChI=1S/C20H40N2/c1-4-6-8-10-13-20(3,14-11-9-7-5-2)22-16-18-12-15-21-19(18)17-22/h18-19,21H,4-17H2,1-3H3/t18-,19+/m1/s1. The zero-order valence-corrected chi connectivity index (χ0v) is 15.5. The summed E-state index contributed by atoms with van der Waals surface area (Å²) in [7, 11) is 0. The van der Waals surface area contributed by atoms with Gasteiger partial charge in [-0.1, -0.05) is 65.2 Å². The van der Waals surface area contributed by atoms with Crippen LogP contribution in [0.25, 0.3) is 0 Å². The predicted octanol–water partition coefficient (Wildman–Crippen LogP) is 4.98. The van der Waals surface area contributed by atoms with Crippen molar-refractivity contribution in [3.63, 3.8) is 0 Å². The molecule has 0 saturated carbocycles. The zero-order chi connectivity index (χ0) is 15.8. The summed E-state index contributed by atoms with van der Waals surface area (Å²) in [5.74, 6) is 0.936. The van der Waals surface area contributed by atoms with E-state index in [1.165, 1.54) is 90.3 Å². The molecule has 2 heterocycles. The van der Waals surface area contributed by atoms with Gasteiger partial charge in [0.1, 0.15) is 0 Å². The van der Waals surface area contributed by atoms with Crippen LogP contribution in [0.4, 0.5) is 0 Å². The molecule has 1 N–H and O–H groups in total. The minimum absolute atomic E-state index is 0.466. The first-order valence-corrected chi connectivity index (χ1v) is 10.2. The van der Waals surface area contributed by atoms with E-state index in [1.807, 2.05) is 0 Å². The number of unbranched alkanes of at least 4 members (excludes halogenated alkanes) is 6. The molecule has 22 heavy (non-hydrogen) atoms. The average Bonchev–Trinajstić information content (AvgIpc) is 3.10. The normalized spacial score (nSPS) is 25.8. The molecule has 2 rings (SSSR count). The SMILES string of the molecule is CCCCCCC(C)(CCCCCC)N1C[C@H]2CCN[C@H]2C1. The van der Waals surface area contributed by atoms with E-state index >= 15 is 0 Å². The first kappa shape index (κ1) is 18.3. The maximum absolute atomic E-state index is 3.73. The van der Waals surface area contributed by atoms with Gasteiger partial charge in [-0.3, -0.25) is 4.90 Å². The van der Waals surface area contributed by atoms with Crippen molar-refractivity contribution in [2.45, 2.75) is 103 Å². The Balaban J connectivity index is 1.85. The molecule has 0 aromatic heterocycles. The molecule has 0 spiro atoms. The Hall–Kier alpha value is -0.0800. The number of nitrogens with one attached hydrogen (secondary N) is 1. The highest BCUT2D eigenvalue weighted by atomic mass is 15.3. The van der Waals surface area contributed by atoms with Crippen LogP contribution in [0.1, 0.15) is 91.4 Å². The van der Waals surface area contributed by atoms with Crippen molar-refractivity contribution in [3.05, 3.63) is 0 Å². The van der Waals surface area contributed by atoms with Gasteiger partial charge in [-0.15, -0.1) is 0 Å². The van der Waals surface area contributed by atoms with E-state index in [-0.39, 0.29) is 0 Å². The highest BCUT2D eigenvalue weighted by Crippen LogP contribution is 2.36. The maximum atomic E-state index is 3.73. The molecule has 0 radical (unpaired) electrons. The molecule has 130 valence electrons. The van der Waals surface area contributed by atoms with Crippen molar-refractivity contribution in [1.82, 2.24) is 10.2 Å². The fourth-order valence-electron chi connectivity index (χ4n) is 4.60. The minimum atomic E-state index is 0.466. The summed E-state index contributed by atoms with van der Waals surface area (Å²) in [6.07, 6.45) is 15.5. The van der Waals surface area contributed by atoms with E-state index < -0.39 is 0 Å². The minimum Gasteiger partial charge on any atom is -0.312 e. The van der Waals surface area contributed by atoms with Crippen LogP contribution < -0.4 is 5.32 Å². The Labute approximate surface area is 139 Å². The Bertz CT molecular complexity index is 278. The number of likely N-dealkylation sites (tertiary alicyclic amines) is 1. The molecule has 2 fully saturated rings. The molecular weight excluding hydrogens is 268 g/mol. The van der Waals surface area contributed by atoms with Gasteiger partial charge in [-0.05, 0) is 38.6 Å². The lowest BCUT2D eigenvalue weighted by atomic mass is 9.86. The molecule has 2 saturated heterocycles. The largest absolute Gasteiger partial charge is 0.312 e. The van der Waals surface area contributed by atoms with E-state index in [2.05, 4.69) is 31.0 Å². The molecule has 0 amide bonds. The number of nitrogens with zero attached hydrogens (tertiary/aromatic N) is 1.